The van der Waals surface area contributed by atoms with Crippen LogP contribution in [0.5, 0.6) is 0 Å². The lowest BCUT2D eigenvalue weighted by Crippen LogP contribution is -2.38. The van der Waals surface area contributed by atoms with Crippen LogP contribution in [0.15, 0.2) is 66.7 Å². The van der Waals surface area contributed by atoms with Crippen molar-refractivity contribution < 1.29 is 23.1 Å². The van der Waals surface area contributed by atoms with Crippen molar-refractivity contribution >= 4 is 61.8 Å². The number of sulfonamides is 1. The summed E-state index contributed by atoms with van der Waals surface area (Å²) in [6.07, 6.45) is 0.394. The van der Waals surface area contributed by atoms with Crippen LogP contribution in [-0.2, 0) is 26.0 Å². The lowest BCUT2D eigenvalue weighted by Gasteiger charge is -2.26. The highest BCUT2D eigenvalue weighted by atomic mass is 35.5. The number of nitrogens with one attached hydrogen (secondary N) is 2. The van der Waals surface area contributed by atoms with Gasteiger partial charge in [0.2, 0.25) is 10.0 Å². The standard InChI is InChI=1S/C30H33ClN4O5S/c1-4-17-41(39,40)35(16-15-34(2)3)24-12-10-23(11-13-24)32-29(21-7-5-20(6-8-21)18-27(36)37)28-25-14-9-22(31)19-26(25)33-30(28)38/h5-14,19,32H,4,15-18H2,1-3H3,(H,33,38)(H,36,37). The van der Waals surface area contributed by atoms with Gasteiger partial charge in [-0.25, -0.2) is 8.42 Å². The van der Waals surface area contributed by atoms with Gasteiger partial charge in [0.15, 0.2) is 0 Å². The molecule has 0 saturated carbocycles. The Morgan fingerprint density at radius 1 is 1.00 bits per heavy atom. The molecule has 1 aliphatic heterocycles. The highest BCUT2D eigenvalue weighted by Gasteiger charge is 2.29. The number of nitrogens with zero attached hydrogens (tertiary/aromatic N) is 2. The van der Waals surface area contributed by atoms with E-state index in [0.29, 0.717) is 69.6 Å². The molecule has 1 amide bonds. The largest absolute Gasteiger partial charge is 0.481 e. The number of carbonyl (C=O) groups excluding carboxylic acids is 1. The van der Waals surface area contributed by atoms with E-state index < -0.39 is 16.0 Å². The van der Waals surface area contributed by atoms with E-state index >= 15 is 0 Å². The minimum atomic E-state index is -3.50. The molecule has 41 heavy (non-hydrogen) atoms. The van der Waals surface area contributed by atoms with Crippen molar-refractivity contribution in [3.63, 3.8) is 0 Å². The van der Waals surface area contributed by atoms with Crippen molar-refractivity contribution in [1.29, 1.82) is 0 Å². The minimum Gasteiger partial charge on any atom is -0.481 e. The van der Waals surface area contributed by atoms with Crippen LogP contribution in [0.1, 0.15) is 30.0 Å². The predicted molar refractivity (Wildman–Crippen MR) is 165 cm³/mol. The fraction of sp³-hybridized carbons (Fsp3) is 0.267. The first kappa shape index (κ1) is 30.1. The number of hydrogen-bond acceptors (Lipinski definition) is 6. The van der Waals surface area contributed by atoms with Crippen LogP contribution < -0.4 is 14.9 Å². The fourth-order valence-electron chi connectivity index (χ4n) is 4.58. The number of benzene rings is 3. The summed E-state index contributed by atoms with van der Waals surface area (Å²) in [5, 5.41) is 15.9. The van der Waals surface area contributed by atoms with Gasteiger partial charge < -0.3 is 20.6 Å². The number of likely N-dealkylation sites (N-methyl/N-ethyl adjacent to an activating group) is 1. The van der Waals surface area contributed by atoms with E-state index in [1.165, 1.54) is 4.31 Å². The average Bonchev–Trinajstić information content (AvgIpc) is 3.22. The SMILES string of the molecule is CCCS(=O)(=O)N(CCN(C)C)c1ccc(NC(=C2C(=O)Nc3cc(Cl)ccc32)c2ccc(CC(=O)O)cc2)cc1. The van der Waals surface area contributed by atoms with Crippen molar-refractivity contribution in [2.24, 2.45) is 0 Å². The van der Waals surface area contributed by atoms with Gasteiger partial charge in [-0.2, -0.15) is 0 Å². The van der Waals surface area contributed by atoms with E-state index in [0.717, 1.165) is 0 Å². The fourth-order valence-corrected chi connectivity index (χ4v) is 6.29. The number of halogens is 1. The summed E-state index contributed by atoms with van der Waals surface area (Å²) < 4.78 is 27.5. The van der Waals surface area contributed by atoms with E-state index in [-0.39, 0.29) is 18.1 Å². The van der Waals surface area contributed by atoms with Gasteiger partial charge in [0.05, 0.1) is 34.8 Å². The normalized spacial score (nSPS) is 14.0. The third-order valence-corrected chi connectivity index (χ3v) is 8.77. The van der Waals surface area contributed by atoms with Gasteiger partial charge >= 0.3 is 5.97 Å². The zero-order chi connectivity index (χ0) is 29.7. The maximum Gasteiger partial charge on any atom is 0.307 e. The van der Waals surface area contributed by atoms with Gasteiger partial charge in [-0.1, -0.05) is 48.9 Å². The summed E-state index contributed by atoms with van der Waals surface area (Å²) in [6, 6.07) is 19.2. The van der Waals surface area contributed by atoms with E-state index in [2.05, 4.69) is 10.6 Å². The molecule has 3 N–H and O–H groups in total. The van der Waals surface area contributed by atoms with Crippen LogP contribution in [0.2, 0.25) is 5.02 Å². The van der Waals surface area contributed by atoms with Crippen LogP contribution in [0.3, 0.4) is 0 Å². The first-order valence-electron chi connectivity index (χ1n) is 13.2. The zero-order valence-electron chi connectivity index (χ0n) is 23.1. The number of carbonyl (C=O) groups is 2. The van der Waals surface area contributed by atoms with E-state index in [4.69, 9.17) is 16.7 Å². The molecule has 0 fully saturated rings. The predicted octanol–water partition coefficient (Wildman–Crippen LogP) is 5.01. The highest BCUT2D eigenvalue weighted by Crippen LogP contribution is 2.39. The topological polar surface area (TPSA) is 119 Å². The second-order valence-corrected chi connectivity index (χ2v) is 12.5. The second kappa shape index (κ2) is 12.8. The summed E-state index contributed by atoms with van der Waals surface area (Å²) in [5.41, 5.74) is 4.68. The molecule has 216 valence electrons. The first-order valence-corrected chi connectivity index (χ1v) is 15.2. The molecule has 1 aliphatic rings. The molecule has 3 aromatic rings. The lowest BCUT2D eigenvalue weighted by atomic mass is 9.98. The Kier molecular flexibility index (Phi) is 9.37. The molecule has 0 saturated heterocycles. The summed E-state index contributed by atoms with van der Waals surface area (Å²) in [4.78, 5) is 26.3. The average molecular weight is 597 g/mol. The highest BCUT2D eigenvalue weighted by molar-refractivity contribution is 7.92. The number of anilines is 3. The van der Waals surface area contributed by atoms with Crippen LogP contribution in [0.4, 0.5) is 17.1 Å². The molecule has 0 atom stereocenters. The molecule has 3 aromatic carbocycles. The molecular weight excluding hydrogens is 564 g/mol. The number of fused-ring (bicyclic) bond motifs is 1. The molecule has 1 heterocycles. The Hall–Kier alpha value is -3.86. The Morgan fingerprint density at radius 3 is 2.29 bits per heavy atom. The molecular formula is C30H33ClN4O5S. The van der Waals surface area contributed by atoms with Crippen molar-refractivity contribution in [2.75, 3.05) is 47.9 Å². The summed E-state index contributed by atoms with van der Waals surface area (Å²) in [6.45, 7) is 2.72. The minimum absolute atomic E-state index is 0.0487. The second-order valence-electron chi connectivity index (χ2n) is 10.0. The molecule has 0 unspecified atom stereocenters. The van der Waals surface area contributed by atoms with Gasteiger partial charge in [0.25, 0.3) is 5.91 Å². The van der Waals surface area contributed by atoms with E-state index in [9.17, 15) is 18.0 Å². The Labute approximate surface area is 245 Å². The van der Waals surface area contributed by atoms with Gasteiger partial charge in [0.1, 0.15) is 0 Å². The number of carboxylic acid groups (broad SMARTS) is 1. The Bertz CT molecular complexity index is 1570. The van der Waals surface area contributed by atoms with Crippen LogP contribution in [-0.4, -0.2) is 63.2 Å². The number of rotatable bonds is 12. The molecule has 4 rings (SSSR count). The van der Waals surface area contributed by atoms with Gasteiger partial charge in [0, 0.05) is 29.4 Å². The van der Waals surface area contributed by atoms with Gasteiger partial charge in [-0.3, -0.25) is 13.9 Å². The number of amides is 1. The molecule has 0 spiro atoms. The van der Waals surface area contributed by atoms with Crippen molar-refractivity contribution in [1.82, 2.24) is 4.90 Å². The smallest absolute Gasteiger partial charge is 0.307 e. The summed E-state index contributed by atoms with van der Waals surface area (Å²) >= 11 is 6.16. The first-order chi connectivity index (χ1) is 19.5. The summed E-state index contributed by atoms with van der Waals surface area (Å²) in [5.74, 6) is -1.19. The molecule has 0 aromatic heterocycles. The Morgan fingerprint density at radius 2 is 1.68 bits per heavy atom. The number of carboxylic acids is 1. The molecule has 0 aliphatic carbocycles. The maximum absolute atomic E-state index is 13.2. The van der Waals surface area contributed by atoms with Gasteiger partial charge in [-0.15, -0.1) is 0 Å². The molecule has 9 nitrogen and oxygen atoms in total. The summed E-state index contributed by atoms with van der Waals surface area (Å²) in [7, 11) is 0.291. The van der Waals surface area contributed by atoms with Crippen molar-refractivity contribution in [3.8, 4) is 0 Å². The van der Waals surface area contributed by atoms with Gasteiger partial charge in [-0.05, 0) is 68.0 Å². The molecule has 0 bridgehead atoms. The Balaban J connectivity index is 1.74. The molecule has 11 heteroatoms. The van der Waals surface area contributed by atoms with Crippen LogP contribution in [0, 0.1) is 0 Å². The van der Waals surface area contributed by atoms with E-state index in [1.807, 2.05) is 25.9 Å². The third-order valence-electron chi connectivity index (χ3n) is 6.55. The maximum atomic E-state index is 13.2. The lowest BCUT2D eigenvalue weighted by molar-refractivity contribution is -0.136. The van der Waals surface area contributed by atoms with Crippen molar-refractivity contribution in [3.05, 3.63) is 88.4 Å². The quantitative estimate of drug-likeness (QED) is 0.252. The zero-order valence-corrected chi connectivity index (χ0v) is 24.7. The van der Waals surface area contributed by atoms with Crippen molar-refractivity contribution in [2.45, 2.75) is 19.8 Å². The van der Waals surface area contributed by atoms with E-state index in [1.54, 1.807) is 66.7 Å². The number of hydrogen-bond donors (Lipinski definition) is 3. The number of aliphatic carboxylic acids is 1. The monoisotopic (exact) mass is 596 g/mol. The van der Waals surface area contributed by atoms with Crippen LogP contribution >= 0.6 is 11.6 Å². The van der Waals surface area contributed by atoms with Crippen LogP contribution in [0.25, 0.3) is 11.3 Å². The third kappa shape index (κ3) is 7.27. The molecule has 0 radical (unpaired) electrons.